The SMILES string of the molecule is CC(C)(C)c1cc2ccncc2[nH]1. The van der Waals surface area contributed by atoms with Crippen molar-refractivity contribution in [2.45, 2.75) is 26.2 Å². The summed E-state index contributed by atoms with van der Waals surface area (Å²) in [6, 6.07) is 4.22. The summed E-state index contributed by atoms with van der Waals surface area (Å²) < 4.78 is 0. The van der Waals surface area contributed by atoms with E-state index in [1.165, 1.54) is 11.1 Å². The Kier molecular flexibility index (Phi) is 1.65. The van der Waals surface area contributed by atoms with Crippen molar-refractivity contribution in [3.05, 3.63) is 30.2 Å². The van der Waals surface area contributed by atoms with Gasteiger partial charge in [-0.2, -0.15) is 0 Å². The fraction of sp³-hybridized carbons (Fsp3) is 0.364. The first kappa shape index (κ1) is 8.30. The minimum atomic E-state index is 0.180. The molecule has 0 aliphatic heterocycles. The molecule has 0 saturated heterocycles. The number of hydrogen-bond donors (Lipinski definition) is 1. The minimum absolute atomic E-state index is 0.180. The molecule has 2 heterocycles. The molecule has 0 unspecified atom stereocenters. The first-order valence-corrected chi connectivity index (χ1v) is 4.50. The zero-order chi connectivity index (χ0) is 9.47. The summed E-state index contributed by atoms with van der Waals surface area (Å²) in [6.07, 6.45) is 3.69. The maximum atomic E-state index is 4.08. The molecule has 0 aliphatic carbocycles. The zero-order valence-electron chi connectivity index (χ0n) is 8.26. The van der Waals surface area contributed by atoms with Gasteiger partial charge in [-0.15, -0.1) is 0 Å². The molecule has 1 N–H and O–H groups in total. The van der Waals surface area contributed by atoms with Gasteiger partial charge in [-0.25, -0.2) is 0 Å². The van der Waals surface area contributed by atoms with Crippen molar-refractivity contribution in [2.75, 3.05) is 0 Å². The van der Waals surface area contributed by atoms with Crippen molar-refractivity contribution in [1.29, 1.82) is 0 Å². The van der Waals surface area contributed by atoms with Crippen LogP contribution in [0.3, 0.4) is 0 Å². The van der Waals surface area contributed by atoms with E-state index in [9.17, 15) is 0 Å². The highest BCUT2D eigenvalue weighted by Gasteiger charge is 2.15. The number of pyridine rings is 1. The third kappa shape index (κ3) is 1.44. The predicted octanol–water partition coefficient (Wildman–Crippen LogP) is 2.86. The van der Waals surface area contributed by atoms with E-state index in [1.807, 2.05) is 18.5 Å². The highest BCUT2D eigenvalue weighted by molar-refractivity contribution is 5.79. The number of rotatable bonds is 0. The van der Waals surface area contributed by atoms with E-state index in [-0.39, 0.29) is 5.41 Å². The molecule has 0 atom stereocenters. The average molecular weight is 174 g/mol. The summed E-state index contributed by atoms with van der Waals surface area (Å²) in [7, 11) is 0. The molecular weight excluding hydrogens is 160 g/mol. The number of aromatic nitrogens is 2. The molecule has 13 heavy (non-hydrogen) atoms. The molecule has 2 nitrogen and oxygen atoms in total. The smallest absolute Gasteiger partial charge is 0.0642 e. The fourth-order valence-corrected chi connectivity index (χ4v) is 1.38. The van der Waals surface area contributed by atoms with Gasteiger partial charge in [0.1, 0.15) is 0 Å². The van der Waals surface area contributed by atoms with E-state index < -0.39 is 0 Å². The second-order valence-electron chi connectivity index (χ2n) is 4.40. The van der Waals surface area contributed by atoms with Gasteiger partial charge in [-0.05, 0) is 12.1 Å². The summed E-state index contributed by atoms with van der Waals surface area (Å²) in [4.78, 5) is 7.45. The topological polar surface area (TPSA) is 28.7 Å². The minimum Gasteiger partial charge on any atom is -0.357 e. The van der Waals surface area contributed by atoms with Crippen LogP contribution in [0, 0.1) is 0 Å². The van der Waals surface area contributed by atoms with Crippen LogP contribution in [0.15, 0.2) is 24.5 Å². The van der Waals surface area contributed by atoms with Crippen molar-refractivity contribution >= 4 is 10.9 Å². The van der Waals surface area contributed by atoms with E-state index in [0.29, 0.717) is 0 Å². The Morgan fingerprint density at radius 3 is 2.69 bits per heavy atom. The van der Waals surface area contributed by atoms with Gasteiger partial charge >= 0.3 is 0 Å². The first-order chi connectivity index (χ1) is 6.07. The van der Waals surface area contributed by atoms with Gasteiger partial charge in [0, 0.05) is 22.7 Å². The molecule has 2 heteroatoms. The van der Waals surface area contributed by atoms with Crippen molar-refractivity contribution in [2.24, 2.45) is 0 Å². The van der Waals surface area contributed by atoms with Crippen LogP contribution >= 0.6 is 0 Å². The highest BCUT2D eigenvalue weighted by atomic mass is 14.8. The maximum Gasteiger partial charge on any atom is 0.0642 e. The Morgan fingerprint density at radius 2 is 2.08 bits per heavy atom. The molecule has 68 valence electrons. The lowest BCUT2D eigenvalue weighted by molar-refractivity contribution is 0.574. The van der Waals surface area contributed by atoms with Crippen LogP contribution in [0.25, 0.3) is 10.9 Å². The second kappa shape index (κ2) is 2.59. The largest absolute Gasteiger partial charge is 0.357 e. The number of nitrogens with zero attached hydrogens (tertiary/aromatic N) is 1. The van der Waals surface area contributed by atoms with Gasteiger partial charge < -0.3 is 4.98 Å². The van der Waals surface area contributed by atoms with Crippen molar-refractivity contribution < 1.29 is 0 Å². The third-order valence-corrected chi connectivity index (χ3v) is 2.23. The number of nitrogens with one attached hydrogen (secondary N) is 1. The van der Waals surface area contributed by atoms with Gasteiger partial charge in [0.05, 0.1) is 11.7 Å². The monoisotopic (exact) mass is 174 g/mol. The Bertz CT molecular complexity index is 388. The van der Waals surface area contributed by atoms with E-state index in [4.69, 9.17) is 0 Å². The molecule has 0 bridgehead atoms. The highest BCUT2D eigenvalue weighted by Crippen LogP contribution is 2.24. The van der Waals surface area contributed by atoms with Crippen molar-refractivity contribution in [3.8, 4) is 0 Å². The Labute approximate surface area is 78.0 Å². The van der Waals surface area contributed by atoms with E-state index in [1.54, 1.807) is 0 Å². The van der Waals surface area contributed by atoms with Gasteiger partial charge in [-0.3, -0.25) is 4.98 Å². The van der Waals surface area contributed by atoms with Crippen LogP contribution < -0.4 is 0 Å². The lowest BCUT2D eigenvalue weighted by Crippen LogP contribution is -2.10. The summed E-state index contributed by atoms with van der Waals surface area (Å²) in [6.45, 7) is 6.60. The van der Waals surface area contributed by atoms with Crippen LogP contribution in [-0.4, -0.2) is 9.97 Å². The average Bonchev–Trinajstić information content (AvgIpc) is 2.45. The van der Waals surface area contributed by atoms with Crippen molar-refractivity contribution in [3.63, 3.8) is 0 Å². The first-order valence-electron chi connectivity index (χ1n) is 4.50. The molecule has 0 aliphatic rings. The van der Waals surface area contributed by atoms with Crippen LogP contribution in [0.4, 0.5) is 0 Å². The van der Waals surface area contributed by atoms with E-state index in [2.05, 4.69) is 36.8 Å². The molecular formula is C11H14N2. The fourth-order valence-electron chi connectivity index (χ4n) is 1.38. The van der Waals surface area contributed by atoms with Crippen LogP contribution in [0.2, 0.25) is 0 Å². The van der Waals surface area contributed by atoms with Gasteiger partial charge in [0.15, 0.2) is 0 Å². The predicted molar refractivity (Wildman–Crippen MR) is 54.8 cm³/mol. The molecule has 0 amide bonds. The third-order valence-electron chi connectivity index (χ3n) is 2.23. The second-order valence-corrected chi connectivity index (χ2v) is 4.40. The summed E-state index contributed by atoms with van der Waals surface area (Å²) in [5.74, 6) is 0. The van der Waals surface area contributed by atoms with Crippen molar-refractivity contribution in [1.82, 2.24) is 9.97 Å². The van der Waals surface area contributed by atoms with E-state index in [0.717, 1.165) is 5.52 Å². The Hall–Kier alpha value is -1.31. The lowest BCUT2D eigenvalue weighted by atomic mass is 9.92. The normalized spacial score (nSPS) is 12.2. The summed E-state index contributed by atoms with van der Waals surface area (Å²) in [5.41, 5.74) is 2.56. The number of H-pyrrole nitrogens is 1. The van der Waals surface area contributed by atoms with E-state index >= 15 is 0 Å². The van der Waals surface area contributed by atoms with Crippen LogP contribution in [0.1, 0.15) is 26.5 Å². The number of hydrogen-bond acceptors (Lipinski definition) is 1. The van der Waals surface area contributed by atoms with Gasteiger partial charge in [0.25, 0.3) is 0 Å². The molecule has 0 fully saturated rings. The summed E-state index contributed by atoms with van der Waals surface area (Å²) >= 11 is 0. The quantitative estimate of drug-likeness (QED) is 0.653. The Balaban J connectivity index is 2.63. The summed E-state index contributed by atoms with van der Waals surface area (Å²) in [5, 5.41) is 1.24. The van der Waals surface area contributed by atoms with Gasteiger partial charge in [0.2, 0.25) is 0 Å². The molecule has 2 aromatic heterocycles. The Morgan fingerprint density at radius 1 is 1.31 bits per heavy atom. The van der Waals surface area contributed by atoms with Crippen LogP contribution in [0.5, 0.6) is 0 Å². The maximum absolute atomic E-state index is 4.08. The van der Waals surface area contributed by atoms with Gasteiger partial charge in [-0.1, -0.05) is 20.8 Å². The molecule has 2 rings (SSSR count). The molecule has 0 saturated carbocycles. The zero-order valence-corrected chi connectivity index (χ0v) is 8.26. The van der Waals surface area contributed by atoms with Crippen LogP contribution in [-0.2, 0) is 5.41 Å². The molecule has 0 aromatic carbocycles. The lowest BCUT2D eigenvalue weighted by Gasteiger charge is -2.15. The molecule has 2 aromatic rings. The number of aromatic amines is 1. The molecule has 0 radical (unpaired) electrons. The number of fused-ring (bicyclic) bond motifs is 1. The molecule has 0 spiro atoms. The standard InChI is InChI=1S/C11H14N2/c1-11(2,3)10-6-8-4-5-12-7-9(8)13-10/h4-7,13H,1-3H3.